The molecule has 0 spiro atoms. The second-order valence-electron chi connectivity index (χ2n) is 1.61. The molecule has 1 rings (SSSR count). The third kappa shape index (κ3) is 3.00. The Bertz CT molecular complexity index is 148. The van der Waals surface area contributed by atoms with Gasteiger partial charge in [0.15, 0.2) is 0 Å². The Morgan fingerprint density at radius 2 is 2.44 bits per heavy atom. The summed E-state index contributed by atoms with van der Waals surface area (Å²) in [7, 11) is 0. The summed E-state index contributed by atoms with van der Waals surface area (Å²) in [6, 6.07) is -0.0995. The zero-order chi connectivity index (χ0) is 5.98. The fourth-order valence-corrected chi connectivity index (χ4v) is 0.404. The van der Waals surface area contributed by atoms with Gasteiger partial charge < -0.3 is 15.8 Å². The minimum absolute atomic E-state index is 0. The molecule has 2 N–H and O–H groups in total. The van der Waals surface area contributed by atoms with Gasteiger partial charge in [0, 0.05) is 12.4 Å². The van der Waals surface area contributed by atoms with Crippen LogP contribution >= 0.6 is 0 Å². The van der Waals surface area contributed by atoms with Crippen LogP contribution in [0.1, 0.15) is 18.8 Å². The van der Waals surface area contributed by atoms with Gasteiger partial charge in [-0.1, -0.05) is 0 Å². The molecule has 0 aromatic carbocycles. The Kier molecular flexibility index (Phi) is 5.15. The van der Waals surface area contributed by atoms with Crippen molar-refractivity contribution in [3.8, 4) is 0 Å². The maximum Gasteiger partial charge on any atom is 1.00 e. The number of hydrogen-bond acceptors (Lipinski definition) is 3. The van der Waals surface area contributed by atoms with E-state index in [1.54, 1.807) is 0 Å². The van der Waals surface area contributed by atoms with E-state index in [0.717, 1.165) is 0 Å². The van der Waals surface area contributed by atoms with Gasteiger partial charge in [0.25, 0.3) is 0 Å². The van der Waals surface area contributed by atoms with E-state index >= 15 is 0 Å². The van der Waals surface area contributed by atoms with Gasteiger partial charge in [0.05, 0.1) is 0 Å². The standard InChI is InChI=1S/C4H7N4.Rb/c1-3(5)4-6-2-7-8-4;/h2-3H,5H2,1H3;/q-1;+1. The quantitative estimate of drug-likeness (QED) is 0.505. The van der Waals surface area contributed by atoms with E-state index in [9.17, 15) is 0 Å². The molecule has 1 unspecified atom stereocenters. The Labute approximate surface area is 102 Å². The second-order valence-corrected chi connectivity index (χ2v) is 1.61. The van der Waals surface area contributed by atoms with E-state index in [1.165, 1.54) is 6.33 Å². The molecule has 0 aliphatic heterocycles. The average molecular weight is 197 g/mol. The van der Waals surface area contributed by atoms with Gasteiger partial charge in [-0.05, 0) is 12.7 Å². The third-order valence-electron chi connectivity index (χ3n) is 0.809. The summed E-state index contributed by atoms with van der Waals surface area (Å²) in [4.78, 5) is 3.77. The van der Waals surface area contributed by atoms with Crippen LogP contribution in [-0.2, 0) is 0 Å². The third-order valence-corrected chi connectivity index (χ3v) is 0.809. The van der Waals surface area contributed by atoms with Crippen molar-refractivity contribution in [1.82, 2.24) is 15.2 Å². The minimum atomic E-state index is -0.0995. The molecule has 0 fully saturated rings. The molecular formula is C4H7N4Rb. The molecule has 9 heavy (non-hydrogen) atoms. The number of nitrogens with two attached hydrogens (primary N) is 1. The molecule has 0 saturated heterocycles. The summed E-state index contributed by atoms with van der Waals surface area (Å²) in [5.41, 5.74) is 5.39. The molecule has 0 bridgehead atoms. The predicted molar refractivity (Wildman–Crippen MR) is 28.0 cm³/mol. The van der Waals surface area contributed by atoms with E-state index in [4.69, 9.17) is 5.73 Å². The maximum absolute atomic E-state index is 5.39. The van der Waals surface area contributed by atoms with Crippen LogP contribution in [-0.4, -0.2) is 10.1 Å². The minimum Gasteiger partial charge on any atom is -0.428 e. The van der Waals surface area contributed by atoms with Crippen molar-refractivity contribution in [3.63, 3.8) is 0 Å². The molecule has 1 heterocycles. The fraction of sp³-hybridized carbons (Fsp3) is 0.500. The predicted octanol–water partition coefficient (Wildman–Crippen LogP) is -3.54. The second kappa shape index (κ2) is 4.68. The van der Waals surface area contributed by atoms with E-state index in [1.807, 2.05) is 6.92 Å². The monoisotopic (exact) mass is 196 g/mol. The molecule has 5 heteroatoms. The van der Waals surface area contributed by atoms with Crippen LogP contribution in [0.2, 0.25) is 0 Å². The number of hydrogen-bond donors (Lipinski definition) is 1. The SMILES string of the molecule is CC(N)c1ncn[n-]1.[Rb+]. The zero-order valence-electron chi connectivity index (χ0n) is 5.57. The van der Waals surface area contributed by atoms with Crippen molar-refractivity contribution in [2.24, 2.45) is 5.73 Å². The average Bonchev–Trinajstić information content (AvgIpc) is 2.12. The van der Waals surface area contributed by atoms with Crippen LogP contribution in [0.5, 0.6) is 0 Å². The Balaban J connectivity index is 0.000000640. The normalized spacial score (nSPS) is 12.2. The van der Waals surface area contributed by atoms with Crippen LogP contribution in [0.3, 0.4) is 0 Å². The summed E-state index contributed by atoms with van der Waals surface area (Å²) < 4.78 is 0. The number of rotatable bonds is 1. The molecule has 0 saturated carbocycles. The van der Waals surface area contributed by atoms with Gasteiger partial charge in [-0.2, -0.15) is 0 Å². The van der Waals surface area contributed by atoms with Crippen LogP contribution in [0.4, 0.5) is 0 Å². The van der Waals surface area contributed by atoms with Crippen LogP contribution in [0, 0.1) is 0 Å². The Morgan fingerprint density at radius 1 is 1.78 bits per heavy atom. The van der Waals surface area contributed by atoms with E-state index in [-0.39, 0.29) is 64.2 Å². The summed E-state index contributed by atoms with van der Waals surface area (Å²) >= 11 is 0. The Hall–Kier alpha value is 0.905. The fourth-order valence-electron chi connectivity index (χ4n) is 0.404. The van der Waals surface area contributed by atoms with Gasteiger partial charge in [0.2, 0.25) is 0 Å². The first-order valence-electron chi connectivity index (χ1n) is 2.36. The van der Waals surface area contributed by atoms with Crippen LogP contribution in [0.25, 0.3) is 0 Å². The summed E-state index contributed by atoms with van der Waals surface area (Å²) in [5, 5.41) is 7.13. The molecule has 4 nitrogen and oxygen atoms in total. The Morgan fingerprint density at radius 3 is 2.67 bits per heavy atom. The molecule has 0 aliphatic carbocycles. The van der Waals surface area contributed by atoms with Gasteiger partial charge in [0.1, 0.15) is 0 Å². The topological polar surface area (TPSA) is 65.9 Å². The smallest absolute Gasteiger partial charge is 0.428 e. The molecule has 1 aromatic rings. The molecule has 1 atom stereocenters. The van der Waals surface area contributed by atoms with Gasteiger partial charge in [-0.3, -0.25) is 5.10 Å². The maximum atomic E-state index is 5.39. The van der Waals surface area contributed by atoms with Crippen LogP contribution < -0.4 is 69.0 Å². The first-order chi connectivity index (χ1) is 3.80. The molecular weight excluding hydrogens is 190 g/mol. The molecule has 1 aromatic heterocycles. The largest absolute Gasteiger partial charge is 1.00 e. The van der Waals surface area contributed by atoms with Gasteiger partial charge >= 0.3 is 58.2 Å². The summed E-state index contributed by atoms with van der Waals surface area (Å²) in [6.45, 7) is 1.82. The van der Waals surface area contributed by atoms with Gasteiger partial charge in [-0.25, -0.2) is 0 Å². The van der Waals surface area contributed by atoms with Crippen molar-refractivity contribution >= 4 is 0 Å². The van der Waals surface area contributed by atoms with Crippen molar-refractivity contribution < 1.29 is 58.2 Å². The van der Waals surface area contributed by atoms with Crippen molar-refractivity contribution in [2.45, 2.75) is 13.0 Å². The van der Waals surface area contributed by atoms with Crippen molar-refractivity contribution in [1.29, 1.82) is 0 Å². The van der Waals surface area contributed by atoms with Crippen molar-refractivity contribution in [2.75, 3.05) is 0 Å². The van der Waals surface area contributed by atoms with E-state index < -0.39 is 0 Å². The summed E-state index contributed by atoms with van der Waals surface area (Å²) in [6.07, 6.45) is 1.39. The molecule has 44 valence electrons. The molecule has 0 aliphatic rings. The number of aromatic nitrogens is 3. The zero-order valence-corrected chi connectivity index (χ0v) is 10.5. The van der Waals surface area contributed by atoms with Gasteiger partial charge in [-0.15, -0.1) is 0 Å². The van der Waals surface area contributed by atoms with Crippen molar-refractivity contribution in [3.05, 3.63) is 12.2 Å². The van der Waals surface area contributed by atoms with E-state index in [0.29, 0.717) is 5.82 Å². The molecule has 0 radical (unpaired) electrons. The summed E-state index contributed by atoms with van der Waals surface area (Å²) in [5.74, 6) is 0.602. The van der Waals surface area contributed by atoms with E-state index in [2.05, 4.69) is 15.2 Å². The first kappa shape index (κ1) is 9.91. The number of nitrogens with zero attached hydrogens (tertiary/aromatic N) is 3. The first-order valence-corrected chi connectivity index (χ1v) is 2.36. The van der Waals surface area contributed by atoms with Crippen LogP contribution in [0.15, 0.2) is 6.33 Å². The molecule has 0 amide bonds.